The number of hydrogen-bond acceptors (Lipinski definition) is 3. The summed E-state index contributed by atoms with van der Waals surface area (Å²) in [5, 5.41) is 3.92. The maximum Gasteiger partial charge on any atom is 0.243 e. The zero-order valence-corrected chi connectivity index (χ0v) is 20.0. The molecule has 0 saturated carbocycles. The number of methoxy groups -OCH3 is 1. The molecule has 0 radical (unpaired) electrons. The van der Waals surface area contributed by atoms with Gasteiger partial charge in [0.05, 0.1) is 13.5 Å². The van der Waals surface area contributed by atoms with E-state index in [1.807, 2.05) is 45.0 Å². The second-order valence-electron chi connectivity index (χ2n) is 7.49. The first-order chi connectivity index (χ1) is 14.8. The minimum absolute atomic E-state index is 0.0176. The molecule has 2 amide bonds. The molecular formula is C24H30Cl2N2O3. The maximum absolute atomic E-state index is 13.4. The van der Waals surface area contributed by atoms with Crippen LogP contribution in [0, 0.1) is 0 Å². The third-order valence-corrected chi connectivity index (χ3v) is 6.00. The summed E-state index contributed by atoms with van der Waals surface area (Å²) in [7, 11) is 1.59. The van der Waals surface area contributed by atoms with Gasteiger partial charge in [0.2, 0.25) is 11.8 Å². The number of rotatable bonds is 10. The van der Waals surface area contributed by atoms with Crippen LogP contribution in [0.2, 0.25) is 10.0 Å². The highest BCUT2D eigenvalue weighted by molar-refractivity contribution is 6.36. The van der Waals surface area contributed by atoms with E-state index in [9.17, 15) is 9.59 Å². The highest BCUT2D eigenvalue weighted by atomic mass is 35.5. The largest absolute Gasteiger partial charge is 0.497 e. The molecule has 0 spiro atoms. The Kier molecular flexibility index (Phi) is 9.66. The van der Waals surface area contributed by atoms with Crippen LogP contribution in [0.15, 0.2) is 42.5 Å². The number of carbonyl (C=O) groups is 2. The smallest absolute Gasteiger partial charge is 0.243 e. The van der Waals surface area contributed by atoms with E-state index in [1.165, 1.54) is 0 Å². The lowest BCUT2D eigenvalue weighted by atomic mass is 10.1. The van der Waals surface area contributed by atoms with Crippen LogP contribution in [0.4, 0.5) is 0 Å². The average molecular weight is 465 g/mol. The molecule has 0 aliphatic heterocycles. The van der Waals surface area contributed by atoms with Gasteiger partial charge in [-0.3, -0.25) is 9.59 Å². The summed E-state index contributed by atoms with van der Waals surface area (Å²) in [5.74, 6) is 0.366. The van der Waals surface area contributed by atoms with Crippen LogP contribution in [0.5, 0.6) is 5.75 Å². The van der Waals surface area contributed by atoms with Gasteiger partial charge < -0.3 is 15.0 Å². The zero-order chi connectivity index (χ0) is 23.0. The van der Waals surface area contributed by atoms with Crippen LogP contribution in [0.3, 0.4) is 0 Å². The first kappa shape index (κ1) is 25.0. The molecule has 0 bridgehead atoms. The number of hydrogen-bond donors (Lipinski definition) is 1. The molecule has 0 heterocycles. The topological polar surface area (TPSA) is 58.6 Å². The van der Waals surface area contributed by atoms with Gasteiger partial charge in [-0.05, 0) is 49.6 Å². The van der Waals surface area contributed by atoms with E-state index in [2.05, 4.69) is 5.32 Å². The minimum Gasteiger partial charge on any atom is -0.497 e. The highest BCUT2D eigenvalue weighted by Crippen LogP contribution is 2.27. The first-order valence-corrected chi connectivity index (χ1v) is 11.2. The SMILES string of the molecule is CC[C@@H](C)NC(=O)[C@@H](CC)N(Cc1c(Cl)cccc1Cl)C(=O)Cc1ccc(OC)cc1. The predicted molar refractivity (Wildman–Crippen MR) is 126 cm³/mol. The Bertz CT molecular complexity index is 867. The number of nitrogens with zero attached hydrogens (tertiary/aromatic N) is 1. The average Bonchev–Trinajstić information content (AvgIpc) is 2.75. The molecule has 5 nitrogen and oxygen atoms in total. The van der Waals surface area contributed by atoms with E-state index < -0.39 is 6.04 Å². The van der Waals surface area contributed by atoms with E-state index in [1.54, 1.807) is 30.2 Å². The maximum atomic E-state index is 13.4. The second-order valence-corrected chi connectivity index (χ2v) is 8.30. The van der Waals surface area contributed by atoms with Crippen molar-refractivity contribution in [2.75, 3.05) is 7.11 Å². The summed E-state index contributed by atoms with van der Waals surface area (Å²) in [4.78, 5) is 28.0. The number of benzene rings is 2. The third kappa shape index (κ3) is 6.88. The quantitative estimate of drug-likeness (QED) is 0.520. The zero-order valence-electron chi connectivity index (χ0n) is 18.5. The summed E-state index contributed by atoms with van der Waals surface area (Å²) in [6, 6.07) is 11.9. The predicted octanol–water partition coefficient (Wildman–Crippen LogP) is 5.27. The Morgan fingerprint density at radius 3 is 2.16 bits per heavy atom. The molecule has 0 unspecified atom stereocenters. The molecule has 0 aromatic heterocycles. The normalized spacial score (nSPS) is 12.7. The number of ether oxygens (including phenoxy) is 1. The first-order valence-electron chi connectivity index (χ1n) is 10.5. The van der Waals surface area contributed by atoms with Crippen LogP contribution in [-0.2, 0) is 22.6 Å². The lowest BCUT2D eigenvalue weighted by molar-refractivity contribution is -0.141. The van der Waals surface area contributed by atoms with Crippen molar-refractivity contribution < 1.29 is 14.3 Å². The number of nitrogens with one attached hydrogen (secondary N) is 1. The van der Waals surface area contributed by atoms with Gasteiger partial charge in [-0.1, -0.05) is 55.2 Å². The van der Waals surface area contributed by atoms with E-state index in [0.29, 0.717) is 22.0 Å². The lowest BCUT2D eigenvalue weighted by Crippen LogP contribution is -2.51. The fourth-order valence-electron chi connectivity index (χ4n) is 3.23. The Hall–Kier alpha value is -2.24. The van der Waals surface area contributed by atoms with Crippen molar-refractivity contribution in [3.05, 3.63) is 63.6 Å². The van der Waals surface area contributed by atoms with Crippen molar-refractivity contribution in [1.29, 1.82) is 0 Å². The molecule has 1 N–H and O–H groups in total. The summed E-state index contributed by atoms with van der Waals surface area (Å²) in [6.07, 6.45) is 1.43. The highest BCUT2D eigenvalue weighted by Gasteiger charge is 2.30. The molecule has 31 heavy (non-hydrogen) atoms. The monoisotopic (exact) mass is 464 g/mol. The lowest BCUT2D eigenvalue weighted by Gasteiger charge is -2.32. The van der Waals surface area contributed by atoms with Gasteiger partial charge in [0.15, 0.2) is 0 Å². The molecule has 0 fully saturated rings. The van der Waals surface area contributed by atoms with E-state index >= 15 is 0 Å². The van der Waals surface area contributed by atoms with Crippen LogP contribution < -0.4 is 10.1 Å². The van der Waals surface area contributed by atoms with Crippen molar-refractivity contribution in [2.24, 2.45) is 0 Å². The van der Waals surface area contributed by atoms with Gasteiger partial charge in [0.1, 0.15) is 11.8 Å². The number of amides is 2. The van der Waals surface area contributed by atoms with Crippen molar-refractivity contribution in [2.45, 2.75) is 58.7 Å². The molecule has 2 atom stereocenters. The fraction of sp³-hybridized carbons (Fsp3) is 0.417. The van der Waals surface area contributed by atoms with Crippen molar-refractivity contribution in [1.82, 2.24) is 10.2 Å². The molecule has 0 saturated heterocycles. The second kappa shape index (κ2) is 12.0. The Labute approximate surface area is 194 Å². The van der Waals surface area contributed by atoms with Crippen LogP contribution in [-0.4, -0.2) is 35.9 Å². The Morgan fingerprint density at radius 1 is 1.03 bits per heavy atom. The molecule has 7 heteroatoms. The van der Waals surface area contributed by atoms with Crippen molar-refractivity contribution in [3.63, 3.8) is 0 Å². The molecule has 0 aliphatic carbocycles. The summed E-state index contributed by atoms with van der Waals surface area (Å²) < 4.78 is 5.18. The Morgan fingerprint density at radius 2 is 1.65 bits per heavy atom. The van der Waals surface area contributed by atoms with Gasteiger partial charge in [-0.25, -0.2) is 0 Å². The van der Waals surface area contributed by atoms with Gasteiger partial charge in [-0.15, -0.1) is 0 Å². The summed E-state index contributed by atoms with van der Waals surface area (Å²) in [5.41, 5.74) is 1.46. The van der Waals surface area contributed by atoms with Crippen LogP contribution in [0.25, 0.3) is 0 Å². The van der Waals surface area contributed by atoms with E-state index in [0.717, 1.165) is 17.7 Å². The molecule has 2 rings (SSSR count). The summed E-state index contributed by atoms with van der Waals surface area (Å²) in [6.45, 7) is 5.99. The molecule has 0 aliphatic rings. The van der Waals surface area contributed by atoms with Gasteiger partial charge >= 0.3 is 0 Å². The van der Waals surface area contributed by atoms with Crippen LogP contribution >= 0.6 is 23.2 Å². The van der Waals surface area contributed by atoms with Gasteiger partial charge in [0, 0.05) is 28.2 Å². The van der Waals surface area contributed by atoms with Crippen molar-refractivity contribution in [3.8, 4) is 5.75 Å². The summed E-state index contributed by atoms with van der Waals surface area (Å²) >= 11 is 12.7. The van der Waals surface area contributed by atoms with Crippen molar-refractivity contribution >= 4 is 35.0 Å². The third-order valence-electron chi connectivity index (χ3n) is 5.29. The van der Waals surface area contributed by atoms with E-state index in [-0.39, 0.29) is 30.8 Å². The molecule has 2 aromatic rings. The Balaban J connectivity index is 2.34. The molecule has 2 aromatic carbocycles. The standard InChI is InChI=1S/C24H30Cl2N2O3/c1-5-16(3)27-24(30)22(6-2)28(15-19-20(25)8-7-9-21(19)26)23(29)14-17-10-12-18(31-4)13-11-17/h7-13,16,22H,5-6,14-15H2,1-4H3,(H,27,30)/t16-,22-/m1/s1. The van der Waals surface area contributed by atoms with Crippen LogP contribution in [0.1, 0.15) is 44.7 Å². The number of carbonyl (C=O) groups excluding carboxylic acids is 2. The molecular weight excluding hydrogens is 435 g/mol. The molecule has 168 valence electrons. The van der Waals surface area contributed by atoms with Gasteiger partial charge in [0.25, 0.3) is 0 Å². The fourth-order valence-corrected chi connectivity index (χ4v) is 3.75. The minimum atomic E-state index is -0.632. The number of halogens is 2. The van der Waals surface area contributed by atoms with E-state index in [4.69, 9.17) is 27.9 Å². The van der Waals surface area contributed by atoms with Gasteiger partial charge in [-0.2, -0.15) is 0 Å².